The largest absolute Gasteiger partial charge is 0.468 e. The van der Waals surface area contributed by atoms with E-state index < -0.39 is 17.6 Å². The molecule has 0 aliphatic carbocycles. The first kappa shape index (κ1) is 21.8. The maximum absolute atomic E-state index is 12.3. The van der Waals surface area contributed by atoms with Crippen molar-refractivity contribution < 1.29 is 23.9 Å². The van der Waals surface area contributed by atoms with Gasteiger partial charge in [-0.3, -0.25) is 14.9 Å². The number of rotatable bonds is 7. The molecule has 0 saturated carbocycles. The van der Waals surface area contributed by atoms with Crippen LogP contribution >= 0.6 is 11.8 Å². The van der Waals surface area contributed by atoms with Crippen LogP contribution in [0.2, 0.25) is 0 Å². The lowest BCUT2D eigenvalue weighted by Gasteiger charge is -2.26. The second kappa shape index (κ2) is 9.43. The molecule has 1 aliphatic rings. The fraction of sp³-hybridized carbons (Fsp3) is 0.824. The zero-order valence-electron chi connectivity index (χ0n) is 15.9. The van der Waals surface area contributed by atoms with Crippen LogP contribution < -0.4 is 10.6 Å². The predicted molar refractivity (Wildman–Crippen MR) is 97.0 cm³/mol. The highest BCUT2D eigenvalue weighted by molar-refractivity contribution is 8.00. The van der Waals surface area contributed by atoms with Gasteiger partial charge in [-0.15, -0.1) is 11.8 Å². The summed E-state index contributed by atoms with van der Waals surface area (Å²) in [6.07, 6.45) is 1.26. The van der Waals surface area contributed by atoms with Crippen LogP contribution in [0.3, 0.4) is 0 Å². The molecule has 0 spiro atoms. The van der Waals surface area contributed by atoms with Crippen molar-refractivity contribution >= 4 is 29.6 Å². The lowest BCUT2D eigenvalue weighted by atomic mass is 9.97. The molecule has 0 aromatic carbocycles. The van der Waals surface area contributed by atoms with E-state index in [1.807, 2.05) is 6.92 Å². The number of esters is 2. The van der Waals surface area contributed by atoms with Gasteiger partial charge in [0.2, 0.25) is 5.91 Å². The molecule has 0 aromatic rings. The van der Waals surface area contributed by atoms with Gasteiger partial charge in [0.1, 0.15) is 17.7 Å². The van der Waals surface area contributed by atoms with Gasteiger partial charge in [0.25, 0.3) is 0 Å². The van der Waals surface area contributed by atoms with Gasteiger partial charge in [-0.05, 0) is 39.5 Å². The molecule has 144 valence electrons. The van der Waals surface area contributed by atoms with Crippen LogP contribution in [0.15, 0.2) is 0 Å². The summed E-state index contributed by atoms with van der Waals surface area (Å²) in [5.41, 5.74) is -0.604. The predicted octanol–water partition coefficient (Wildman–Crippen LogP) is 1.45. The topological polar surface area (TPSA) is 93.7 Å². The second-order valence-electron chi connectivity index (χ2n) is 7.43. The summed E-state index contributed by atoms with van der Waals surface area (Å²) < 4.78 is 10.1. The van der Waals surface area contributed by atoms with Crippen LogP contribution in [0.5, 0.6) is 0 Å². The third kappa shape index (κ3) is 8.09. The molecule has 25 heavy (non-hydrogen) atoms. The Hall–Kier alpha value is -1.28. The van der Waals surface area contributed by atoms with Gasteiger partial charge >= 0.3 is 11.9 Å². The molecule has 7 nitrogen and oxygen atoms in total. The third-order valence-corrected chi connectivity index (χ3v) is 4.92. The minimum absolute atomic E-state index is 0.121. The summed E-state index contributed by atoms with van der Waals surface area (Å²) in [5.74, 6) is -0.111. The molecule has 8 heteroatoms. The fourth-order valence-corrected chi connectivity index (χ4v) is 4.03. The zero-order valence-corrected chi connectivity index (χ0v) is 16.7. The van der Waals surface area contributed by atoms with E-state index in [4.69, 9.17) is 9.47 Å². The molecule has 1 unspecified atom stereocenters. The number of amides is 1. The molecule has 0 radical (unpaired) electrons. The van der Waals surface area contributed by atoms with E-state index >= 15 is 0 Å². The number of carbonyl (C=O) groups is 3. The van der Waals surface area contributed by atoms with Crippen LogP contribution in [-0.4, -0.2) is 53.8 Å². The first-order chi connectivity index (χ1) is 11.5. The van der Waals surface area contributed by atoms with E-state index in [9.17, 15) is 14.4 Å². The molecule has 2 N–H and O–H groups in total. The van der Waals surface area contributed by atoms with Gasteiger partial charge in [0, 0.05) is 12.7 Å². The summed E-state index contributed by atoms with van der Waals surface area (Å²) in [5, 5.41) is 6.04. The summed E-state index contributed by atoms with van der Waals surface area (Å²) in [6.45, 7) is 8.80. The number of ether oxygens (including phenoxy) is 2. The van der Waals surface area contributed by atoms with Gasteiger partial charge in [-0.1, -0.05) is 6.92 Å². The second-order valence-corrected chi connectivity index (χ2v) is 8.66. The highest BCUT2D eigenvalue weighted by Crippen LogP contribution is 2.27. The van der Waals surface area contributed by atoms with Gasteiger partial charge in [0.15, 0.2) is 0 Å². The number of nitrogens with one attached hydrogen (secondary N) is 2. The Morgan fingerprint density at radius 1 is 1.32 bits per heavy atom. The molecule has 1 aliphatic heterocycles. The minimum atomic E-state index is -0.672. The lowest BCUT2D eigenvalue weighted by Crippen LogP contribution is -2.44. The van der Waals surface area contributed by atoms with E-state index in [1.165, 1.54) is 14.0 Å². The van der Waals surface area contributed by atoms with Crippen molar-refractivity contribution in [2.24, 2.45) is 5.92 Å². The van der Waals surface area contributed by atoms with Crippen molar-refractivity contribution in [1.29, 1.82) is 0 Å². The van der Waals surface area contributed by atoms with Crippen LogP contribution in [0.1, 0.15) is 47.5 Å². The summed E-state index contributed by atoms with van der Waals surface area (Å²) in [6, 6.07) is -0.960. The molecule has 1 saturated heterocycles. The van der Waals surface area contributed by atoms with Crippen molar-refractivity contribution in [3.8, 4) is 0 Å². The van der Waals surface area contributed by atoms with Crippen LogP contribution in [0, 0.1) is 5.92 Å². The molecule has 1 amide bonds. The first-order valence-corrected chi connectivity index (χ1v) is 9.52. The van der Waals surface area contributed by atoms with E-state index in [0.717, 1.165) is 6.42 Å². The van der Waals surface area contributed by atoms with Crippen molar-refractivity contribution in [2.75, 3.05) is 12.9 Å². The van der Waals surface area contributed by atoms with Crippen molar-refractivity contribution in [1.82, 2.24) is 10.6 Å². The lowest BCUT2D eigenvalue weighted by molar-refractivity contribution is -0.159. The highest BCUT2D eigenvalue weighted by Gasteiger charge is 2.33. The van der Waals surface area contributed by atoms with E-state index in [1.54, 1.807) is 32.5 Å². The number of thioether (sulfide) groups is 1. The number of methoxy groups -OCH3 is 1. The zero-order chi connectivity index (χ0) is 19.2. The molecule has 4 atom stereocenters. The van der Waals surface area contributed by atoms with Crippen molar-refractivity contribution in [3.63, 3.8) is 0 Å². The molecular formula is C17H30N2O5S. The van der Waals surface area contributed by atoms with Gasteiger partial charge < -0.3 is 14.8 Å². The molecule has 1 fully saturated rings. The number of hydrogen-bond donors (Lipinski definition) is 2. The van der Waals surface area contributed by atoms with Crippen LogP contribution in [-0.2, 0) is 23.9 Å². The normalized spacial score (nSPS) is 22.8. The monoisotopic (exact) mass is 374 g/mol. The van der Waals surface area contributed by atoms with Crippen LogP contribution in [0.4, 0.5) is 0 Å². The molecule has 1 heterocycles. The van der Waals surface area contributed by atoms with Gasteiger partial charge in [-0.25, -0.2) is 4.79 Å². The Kier molecular flexibility index (Phi) is 8.21. The fourth-order valence-electron chi connectivity index (χ4n) is 2.64. The first-order valence-electron chi connectivity index (χ1n) is 8.47. The summed E-state index contributed by atoms with van der Waals surface area (Å²) >= 11 is 1.67. The Morgan fingerprint density at radius 3 is 2.48 bits per heavy atom. The maximum atomic E-state index is 12.3. The Morgan fingerprint density at radius 2 is 1.96 bits per heavy atom. The Bertz CT molecular complexity index is 492. The summed E-state index contributed by atoms with van der Waals surface area (Å²) in [4.78, 5) is 35.3. The van der Waals surface area contributed by atoms with E-state index in [-0.39, 0.29) is 29.2 Å². The molecular weight excluding hydrogens is 344 g/mol. The smallest absolute Gasteiger partial charge is 0.329 e. The number of carbonyl (C=O) groups excluding carboxylic acids is 3. The number of hydrogen-bond acceptors (Lipinski definition) is 7. The van der Waals surface area contributed by atoms with E-state index in [2.05, 4.69) is 10.6 Å². The Labute approximate surface area is 154 Å². The quantitative estimate of drug-likeness (QED) is 0.652. The van der Waals surface area contributed by atoms with Crippen molar-refractivity contribution in [3.05, 3.63) is 0 Å². The van der Waals surface area contributed by atoms with Crippen molar-refractivity contribution in [2.45, 2.75) is 70.5 Å². The van der Waals surface area contributed by atoms with Gasteiger partial charge in [-0.2, -0.15) is 0 Å². The highest BCUT2D eigenvalue weighted by atomic mass is 32.2. The third-order valence-electron chi connectivity index (χ3n) is 3.66. The molecule has 0 aromatic heterocycles. The van der Waals surface area contributed by atoms with Gasteiger partial charge in [0.05, 0.1) is 12.5 Å². The molecule has 0 bridgehead atoms. The van der Waals surface area contributed by atoms with Crippen LogP contribution in [0.25, 0.3) is 0 Å². The van der Waals surface area contributed by atoms with E-state index in [0.29, 0.717) is 12.2 Å². The minimum Gasteiger partial charge on any atom is -0.468 e. The summed E-state index contributed by atoms with van der Waals surface area (Å²) in [7, 11) is 1.38. The SMILES string of the molecule is COC(=O)[C@@H]1CSC(C[C@H](C)C[C@@H](NC(C)=O)C(=O)OC(C)(C)C)N1. The Balaban J connectivity index is 2.57. The average Bonchev–Trinajstić information content (AvgIpc) is 2.91. The molecule has 1 rings (SSSR count). The maximum Gasteiger partial charge on any atom is 0.329 e. The average molecular weight is 375 g/mol. The standard InChI is InChI=1S/C17H30N2O5S/c1-10(8-14-19-13(9-25-14)15(21)23-6)7-12(18-11(2)20)16(22)24-17(3,4)5/h10,12-14,19H,7-9H2,1-6H3,(H,18,20)/t10-,12-,13+,14?/m1/s1.